The van der Waals surface area contributed by atoms with Crippen molar-refractivity contribution < 1.29 is 14.4 Å². The van der Waals surface area contributed by atoms with Gasteiger partial charge in [0.05, 0.1) is 0 Å². The fourth-order valence-electron chi connectivity index (χ4n) is 4.69. The number of hydrogen-bond donors (Lipinski definition) is 0. The highest BCUT2D eigenvalue weighted by molar-refractivity contribution is 5.91. The van der Waals surface area contributed by atoms with Gasteiger partial charge >= 0.3 is 0 Å². The molecule has 0 aromatic heterocycles. The molecule has 3 rings (SSSR count). The van der Waals surface area contributed by atoms with Crippen molar-refractivity contribution >= 4 is 18.4 Å². The van der Waals surface area contributed by atoms with E-state index in [0.717, 1.165) is 38.3 Å². The second-order valence-corrected chi connectivity index (χ2v) is 5.60. The molecule has 0 saturated heterocycles. The van der Waals surface area contributed by atoms with Crippen LogP contribution in [0.2, 0.25) is 0 Å². The lowest BCUT2D eigenvalue weighted by Crippen LogP contribution is -2.46. The van der Waals surface area contributed by atoms with E-state index in [1.807, 2.05) is 0 Å². The Morgan fingerprint density at radius 1 is 1.19 bits per heavy atom. The average Bonchev–Trinajstić information content (AvgIpc) is 2.77. The highest BCUT2D eigenvalue weighted by Gasteiger charge is 2.64. The first-order valence-electron chi connectivity index (χ1n) is 6.18. The predicted molar refractivity (Wildman–Crippen MR) is 56.6 cm³/mol. The zero-order chi connectivity index (χ0) is 11.3. The summed E-state index contributed by atoms with van der Waals surface area (Å²) in [6.07, 6.45) is 6.04. The first kappa shape index (κ1) is 10.2. The van der Waals surface area contributed by atoms with E-state index in [-0.39, 0.29) is 29.5 Å². The van der Waals surface area contributed by atoms with Crippen molar-refractivity contribution in [1.82, 2.24) is 0 Å². The monoisotopic (exact) mass is 220 g/mol. The van der Waals surface area contributed by atoms with Crippen LogP contribution in [0, 0.1) is 29.1 Å². The van der Waals surface area contributed by atoms with Crippen molar-refractivity contribution in [3.8, 4) is 0 Å². The van der Waals surface area contributed by atoms with Gasteiger partial charge in [-0.2, -0.15) is 0 Å². The summed E-state index contributed by atoms with van der Waals surface area (Å²) < 4.78 is 0. The molecule has 0 aromatic rings. The quantitative estimate of drug-likeness (QED) is 0.661. The zero-order valence-electron chi connectivity index (χ0n) is 9.22. The van der Waals surface area contributed by atoms with E-state index in [0.29, 0.717) is 6.42 Å². The van der Waals surface area contributed by atoms with Gasteiger partial charge in [-0.15, -0.1) is 0 Å². The Labute approximate surface area is 94.6 Å². The van der Waals surface area contributed by atoms with E-state index in [2.05, 4.69) is 0 Å². The molecule has 0 unspecified atom stereocenters. The van der Waals surface area contributed by atoms with Crippen molar-refractivity contribution in [2.45, 2.75) is 32.1 Å². The maximum atomic E-state index is 12.1. The summed E-state index contributed by atoms with van der Waals surface area (Å²) in [6, 6.07) is 0. The highest BCUT2D eigenvalue weighted by atomic mass is 16.1. The van der Waals surface area contributed by atoms with Crippen molar-refractivity contribution in [3.05, 3.63) is 0 Å². The fraction of sp³-hybridized carbons (Fsp3) is 0.769. The van der Waals surface area contributed by atoms with E-state index in [4.69, 9.17) is 0 Å². The highest BCUT2D eigenvalue weighted by Crippen LogP contribution is 2.64. The van der Waals surface area contributed by atoms with Crippen LogP contribution >= 0.6 is 0 Å². The Balaban J connectivity index is 2.09. The molecule has 3 aliphatic rings. The molecule has 0 radical (unpaired) electrons. The van der Waals surface area contributed by atoms with Crippen molar-refractivity contribution in [2.75, 3.05) is 0 Å². The van der Waals surface area contributed by atoms with Gasteiger partial charge < -0.3 is 9.59 Å². The zero-order valence-corrected chi connectivity index (χ0v) is 9.22. The molecule has 3 fully saturated rings. The van der Waals surface area contributed by atoms with Crippen LogP contribution in [0.4, 0.5) is 0 Å². The van der Waals surface area contributed by atoms with E-state index in [1.54, 1.807) is 0 Å². The Morgan fingerprint density at radius 2 is 2.00 bits per heavy atom. The molecular weight excluding hydrogens is 204 g/mol. The van der Waals surface area contributed by atoms with Crippen LogP contribution in [-0.4, -0.2) is 18.4 Å². The first-order valence-corrected chi connectivity index (χ1v) is 6.18. The van der Waals surface area contributed by atoms with Crippen LogP contribution in [0.15, 0.2) is 0 Å². The van der Waals surface area contributed by atoms with Crippen LogP contribution in [0.25, 0.3) is 0 Å². The number of Topliss-reactive ketones (excluding diaryl/α,β-unsaturated/α-hetero) is 1. The van der Waals surface area contributed by atoms with Gasteiger partial charge in [-0.1, -0.05) is 0 Å². The second-order valence-electron chi connectivity index (χ2n) is 5.60. The predicted octanol–water partition coefficient (Wildman–Crippen LogP) is 1.40. The van der Waals surface area contributed by atoms with Gasteiger partial charge in [0.2, 0.25) is 0 Å². The van der Waals surface area contributed by atoms with Crippen molar-refractivity contribution in [1.29, 1.82) is 0 Å². The Bertz CT molecular complexity index is 362. The van der Waals surface area contributed by atoms with E-state index in [1.165, 1.54) is 0 Å². The summed E-state index contributed by atoms with van der Waals surface area (Å²) in [6.45, 7) is 0. The number of carbonyl (C=O) groups excluding carboxylic acids is 3. The minimum Gasteiger partial charge on any atom is -0.303 e. The van der Waals surface area contributed by atoms with Gasteiger partial charge in [0.25, 0.3) is 0 Å². The number of fused-ring (bicyclic) bond motifs is 1. The maximum absolute atomic E-state index is 12.1. The molecule has 3 heteroatoms. The SMILES string of the molecule is O=C[C@@H]1C[C@H]2CC[C@]3(C(=O)CC[C@H]13)[C@H]2C=O. The van der Waals surface area contributed by atoms with Gasteiger partial charge in [0, 0.05) is 23.7 Å². The van der Waals surface area contributed by atoms with Crippen LogP contribution in [0.5, 0.6) is 0 Å². The van der Waals surface area contributed by atoms with Gasteiger partial charge in [-0.3, -0.25) is 4.79 Å². The molecular formula is C13H16O3. The lowest BCUT2D eigenvalue weighted by atomic mass is 9.59. The van der Waals surface area contributed by atoms with Gasteiger partial charge in [-0.05, 0) is 37.5 Å². The molecule has 3 saturated carbocycles. The molecule has 1 spiro atoms. The summed E-state index contributed by atoms with van der Waals surface area (Å²) in [5.41, 5.74) is -0.434. The van der Waals surface area contributed by atoms with Crippen LogP contribution in [0.1, 0.15) is 32.1 Å². The molecule has 0 aliphatic heterocycles. The number of carbonyl (C=O) groups is 3. The standard InChI is InChI=1S/C13H16O3/c14-6-9-5-8-3-4-13(11(8)7-15)10(9)1-2-12(13)16/h6-11H,1-5H2/t8-,9+,10-,11+,13-/m1/s1. The third kappa shape index (κ3) is 0.969. The molecule has 0 heterocycles. The lowest BCUT2D eigenvalue weighted by molar-refractivity contribution is -0.139. The number of rotatable bonds is 2. The van der Waals surface area contributed by atoms with Crippen LogP contribution in [0.3, 0.4) is 0 Å². The average molecular weight is 220 g/mol. The molecule has 0 aromatic carbocycles. The molecule has 0 N–H and O–H groups in total. The fourth-order valence-corrected chi connectivity index (χ4v) is 4.69. The van der Waals surface area contributed by atoms with E-state index >= 15 is 0 Å². The van der Waals surface area contributed by atoms with Gasteiger partial charge in [0.1, 0.15) is 18.4 Å². The molecule has 5 atom stereocenters. The van der Waals surface area contributed by atoms with Crippen molar-refractivity contribution in [3.63, 3.8) is 0 Å². The summed E-state index contributed by atoms with van der Waals surface area (Å²) in [5, 5.41) is 0. The largest absolute Gasteiger partial charge is 0.303 e. The topological polar surface area (TPSA) is 51.2 Å². The molecule has 86 valence electrons. The molecule has 3 nitrogen and oxygen atoms in total. The summed E-state index contributed by atoms with van der Waals surface area (Å²) in [7, 11) is 0. The summed E-state index contributed by atoms with van der Waals surface area (Å²) in [5.74, 6) is 0.625. The molecule has 3 aliphatic carbocycles. The minimum atomic E-state index is -0.434. The van der Waals surface area contributed by atoms with Gasteiger partial charge in [0.15, 0.2) is 0 Å². The summed E-state index contributed by atoms with van der Waals surface area (Å²) in [4.78, 5) is 34.5. The van der Waals surface area contributed by atoms with Gasteiger partial charge in [-0.25, -0.2) is 0 Å². The van der Waals surface area contributed by atoms with E-state index in [9.17, 15) is 14.4 Å². The number of ketones is 1. The number of hydrogen-bond acceptors (Lipinski definition) is 3. The van der Waals surface area contributed by atoms with Crippen molar-refractivity contribution in [2.24, 2.45) is 29.1 Å². The molecule has 0 amide bonds. The van der Waals surface area contributed by atoms with Crippen LogP contribution < -0.4 is 0 Å². The Morgan fingerprint density at radius 3 is 2.69 bits per heavy atom. The number of aldehydes is 2. The third-order valence-corrected chi connectivity index (χ3v) is 5.31. The summed E-state index contributed by atoms with van der Waals surface area (Å²) >= 11 is 0. The normalized spacial score (nSPS) is 50.1. The molecule has 16 heavy (non-hydrogen) atoms. The Hall–Kier alpha value is -0.990. The second kappa shape index (κ2) is 3.25. The smallest absolute Gasteiger partial charge is 0.140 e. The third-order valence-electron chi connectivity index (χ3n) is 5.31. The van der Waals surface area contributed by atoms with E-state index < -0.39 is 5.41 Å². The minimum absolute atomic E-state index is 0.0233. The first-order chi connectivity index (χ1) is 7.74. The maximum Gasteiger partial charge on any atom is 0.140 e. The van der Waals surface area contributed by atoms with Crippen LogP contribution in [-0.2, 0) is 14.4 Å². The lowest BCUT2D eigenvalue weighted by Gasteiger charge is -2.42. The Kier molecular flexibility index (Phi) is 2.07. The molecule has 2 bridgehead atoms.